The van der Waals surface area contributed by atoms with Crippen LogP contribution in [0.3, 0.4) is 0 Å². The quantitative estimate of drug-likeness (QED) is 0.695. The number of hydrogen-bond donors (Lipinski definition) is 0. The van der Waals surface area contributed by atoms with Crippen LogP contribution < -0.4 is 9.47 Å². The van der Waals surface area contributed by atoms with Crippen molar-refractivity contribution in [3.8, 4) is 11.5 Å². The maximum absolute atomic E-state index is 13.0. The number of nitrogens with zero attached hydrogens (tertiary/aromatic N) is 1. The largest absolute Gasteiger partial charge is 0.493 e. The van der Waals surface area contributed by atoms with Gasteiger partial charge in [-0.05, 0) is 43.9 Å². The minimum absolute atomic E-state index is 0.0661. The zero-order valence-electron chi connectivity index (χ0n) is 16.6. The highest BCUT2D eigenvalue weighted by Gasteiger charge is 2.39. The monoisotopic (exact) mass is 407 g/mol. The van der Waals surface area contributed by atoms with Crippen molar-refractivity contribution in [2.45, 2.75) is 51.1 Å². The average molecular weight is 408 g/mol. The highest BCUT2D eigenvalue weighted by atomic mass is 32.2. The van der Waals surface area contributed by atoms with Crippen molar-refractivity contribution in [3.05, 3.63) is 29.8 Å². The van der Waals surface area contributed by atoms with Crippen molar-refractivity contribution < 1.29 is 22.7 Å². The molecule has 154 valence electrons. The second-order valence-corrected chi connectivity index (χ2v) is 9.72. The Labute approximate surface area is 167 Å². The summed E-state index contributed by atoms with van der Waals surface area (Å²) < 4.78 is 35.1. The molecule has 1 aromatic rings. The second kappa shape index (κ2) is 8.99. The summed E-state index contributed by atoms with van der Waals surface area (Å²) in [4.78, 5) is 14.8. The molecule has 1 aliphatic heterocycles. The van der Waals surface area contributed by atoms with Gasteiger partial charge in [0.2, 0.25) is 0 Å². The lowest BCUT2D eigenvalue weighted by Crippen LogP contribution is -2.48. The molecule has 28 heavy (non-hydrogen) atoms. The number of sulfone groups is 1. The summed E-state index contributed by atoms with van der Waals surface area (Å²) >= 11 is 0. The van der Waals surface area contributed by atoms with Crippen LogP contribution in [0, 0.1) is 0 Å². The molecule has 0 aromatic heterocycles. The van der Waals surface area contributed by atoms with Crippen LogP contribution in [0.15, 0.2) is 24.3 Å². The third-order valence-electron chi connectivity index (χ3n) is 5.51. The molecule has 0 spiro atoms. The first kappa shape index (κ1) is 20.7. The van der Waals surface area contributed by atoms with Crippen molar-refractivity contribution in [2.75, 3.05) is 25.2 Å². The zero-order chi connectivity index (χ0) is 20.1. The molecule has 0 N–H and O–H groups in total. The van der Waals surface area contributed by atoms with Gasteiger partial charge in [0.05, 0.1) is 18.6 Å². The smallest absolute Gasteiger partial charge is 0.261 e. The van der Waals surface area contributed by atoms with Crippen LogP contribution in [0.25, 0.3) is 6.08 Å². The van der Waals surface area contributed by atoms with Gasteiger partial charge in [-0.2, -0.15) is 0 Å². The molecule has 6 nitrogen and oxygen atoms in total. The maximum Gasteiger partial charge on any atom is 0.261 e. The molecule has 1 saturated carbocycles. The van der Waals surface area contributed by atoms with E-state index in [0.29, 0.717) is 17.9 Å². The van der Waals surface area contributed by atoms with Crippen molar-refractivity contribution in [3.63, 3.8) is 0 Å². The fourth-order valence-electron chi connectivity index (χ4n) is 4.20. The van der Waals surface area contributed by atoms with E-state index in [1.54, 1.807) is 18.1 Å². The molecular weight excluding hydrogens is 378 g/mol. The van der Waals surface area contributed by atoms with E-state index in [4.69, 9.17) is 9.47 Å². The van der Waals surface area contributed by atoms with Crippen molar-refractivity contribution in [2.24, 2.45) is 0 Å². The van der Waals surface area contributed by atoms with E-state index < -0.39 is 9.84 Å². The predicted molar refractivity (Wildman–Crippen MR) is 109 cm³/mol. The topological polar surface area (TPSA) is 72.9 Å². The van der Waals surface area contributed by atoms with Gasteiger partial charge in [0.25, 0.3) is 5.91 Å². The fourth-order valence-corrected chi connectivity index (χ4v) is 5.91. The van der Waals surface area contributed by atoms with E-state index in [-0.39, 0.29) is 36.1 Å². The van der Waals surface area contributed by atoms with E-state index in [2.05, 4.69) is 0 Å². The third-order valence-corrected chi connectivity index (χ3v) is 7.26. The molecule has 2 fully saturated rings. The first-order valence-electron chi connectivity index (χ1n) is 9.88. The van der Waals surface area contributed by atoms with Crippen LogP contribution in [0.5, 0.6) is 11.5 Å². The number of ether oxygens (including phenoxy) is 2. The Morgan fingerprint density at radius 2 is 1.93 bits per heavy atom. The second-order valence-electron chi connectivity index (χ2n) is 7.50. The number of benzene rings is 1. The van der Waals surface area contributed by atoms with E-state index in [0.717, 1.165) is 31.2 Å². The first-order chi connectivity index (χ1) is 13.4. The number of carbonyl (C=O) groups is 1. The summed E-state index contributed by atoms with van der Waals surface area (Å²) in [7, 11) is -1.49. The van der Waals surface area contributed by atoms with Crippen molar-refractivity contribution in [1.29, 1.82) is 0 Å². The summed E-state index contributed by atoms with van der Waals surface area (Å²) in [5.41, 5.74) is 0.988. The van der Waals surface area contributed by atoms with E-state index >= 15 is 0 Å². The lowest BCUT2D eigenvalue weighted by atomic mass is 10.1. The molecule has 0 bridgehead atoms. The zero-order valence-corrected chi connectivity index (χ0v) is 17.4. The van der Waals surface area contributed by atoms with Crippen LogP contribution in [0.2, 0.25) is 0 Å². The maximum atomic E-state index is 13.0. The molecule has 1 atom stereocenters. The van der Waals surface area contributed by atoms with Gasteiger partial charge in [0.15, 0.2) is 27.9 Å². The Balaban J connectivity index is 1.72. The Morgan fingerprint density at radius 3 is 2.54 bits per heavy atom. The summed E-state index contributed by atoms with van der Waals surface area (Å²) in [5.74, 6) is 1.16. The molecule has 1 amide bonds. The highest BCUT2D eigenvalue weighted by Crippen LogP contribution is 2.31. The van der Waals surface area contributed by atoms with Crippen LogP contribution in [-0.4, -0.2) is 56.5 Å². The number of allylic oxidation sites excluding steroid dienone is 1. The van der Waals surface area contributed by atoms with Gasteiger partial charge in [-0.15, -0.1) is 0 Å². The lowest BCUT2D eigenvalue weighted by Gasteiger charge is -2.34. The Bertz CT molecular complexity index is 827. The number of rotatable bonds is 7. The third kappa shape index (κ3) is 4.87. The van der Waals surface area contributed by atoms with Gasteiger partial charge in [-0.25, -0.2) is 8.42 Å². The molecule has 7 heteroatoms. The molecule has 1 aromatic carbocycles. The average Bonchev–Trinajstić information content (AvgIpc) is 3.31. The molecule has 3 rings (SSSR count). The van der Waals surface area contributed by atoms with Gasteiger partial charge >= 0.3 is 0 Å². The number of hydrogen-bond acceptors (Lipinski definition) is 5. The lowest BCUT2D eigenvalue weighted by molar-refractivity contribution is -0.137. The Hall–Kier alpha value is -2.02. The summed E-state index contributed by atoms with van der Waals surface area (Å²) in [6.45, 7) is 1.82. The van der Waals surface area contributed by atoms with Crippen molar-refractivity contribution in [1.82, 2.24) is 4.90 Å². The summed E-state index contributed by atoms with van der Waals surface area (Å²) in [6, 6.07) is 5.44. The predicted octanol–water partition coefficient (Wildman–Crippen LogP) is 3.07. The van der Waals surface area contributed by atoms with Gasteiger partial charge in [0.1, 0.15) is 0 Å². The summed E-state index contributed by atoms with van der Waals surface area (Å²) in [5, 5.41) is 0. The van der Waals surface area contributed by atoms with E-state index in [1.165, 1.54) is 0 Å². The van der Waals surface area contributed by atoms with Crippen LogP contribution in [-0.2, 0) is 14.6 Å². The van der Waals surface area contributed by atoms with Gasteiger partial charge in [-0.1, -0.05) is 31.1 Å². The Morgan fingerprint density at radius 1 is 1.18 bits per heavy atom. The van der Waals surface area contributed by atoms with Gasteiger partial charge < -0.3 is 14.4 Å². The van der Waals surface area contributed by atoms with E-state index in [9.17, 15) is 13.2 Å². The van der Waals surface area contributed by atoms with Gasteiger partial charge in [-0.3, -0.25) is 4.79 Å². The molecule has 1 unspecified atom stereocenters. The number of carbonyl (C=O) groups excluding carboxylic acids is 1. The standard InChI is InChI=1S/C21H29NO5S/c1-3-6-16-9-10-19(20(13-16)26-2)27-14-21(23)22(17-7-4-5-8-17)18-11-12-28(24,25)15-18/h3,6,9-10,13,17-18H,4-5,7-8,11-12,14-15H2,1-2H3. The minimum atomic E-state index is -3.05. The SMILES string of the molecule is CC=Cc1ccc(OCC(=O)N(C2CCCC2)C2CCS(=O)(=O)C2)c(OC)c1. The minimum Gasteiger partial charge on any atom is -0.493 e. The highest BCUT2D eigenvalue weighted by molar-refractivity contribution is 7.91. The first-order valence-corrected chi connectivity index (χ1v) is 11.7. The number of methoxy groups -OCH3 is 1. The number of amides is 1. The molecule has 2 aliphatic rings. The van der Waals surface area contributed by atoms with Crippen LogP contribution >= 0.6 is 0 Å². The van der Waals surface area contributed by atoms with Gasteiger partial charge in [0, 0.05) is 12.1 Å². The van der Waals surface area contributed by atoms with Crippen LogP contribution in [0.4, 0.5) is 0 Å². The fraction of sp³-hybridized carbons (Fsp3) is 0.571. The molecular formula is C21H29NO5S. The van der Waals surface area contributed by atoms with E-state index in [1.807, 2.05) is 31.2 Å². The molecule has 1 aliphatic carbocycles. The molecule has 1 saturated heterocycles. The van der Waals surface area contributed by atoms with Crippen molar-refractivity contribution >= 4 is 21.8 Å². The normalized spacial score (nSPS) is 21.9. The summed E-state index contributed by atoms with van der Waals surface area (Å²) in [6.07, 6.45) is 8.44. The Kier molecular flexibility index (Phi) is 6.65. The van der Waals surface area contributed by atoms with Crippen LogP contribution in [0.1, 0.15) is 44.6 Å². The molecule has 0 radical (unpaired) electrons. The molecule has 1 heterocycles.